The van der Waals surface area contributed by atoms with Crippen LogP contribution in [0.2, 0.25) is 0 Å². The number of hydrogen-bond donors (Lipinski definition) is 1. The van der Waals surface area contributed by atoms with Crippen molar-refractivity contribution >= 4 is 5.91 Å². The minimum absolute atomic E-state index is 0.232. The van der Waals surface area contributed by atoms with Gasteiger partial charge in [0.25, 0.3) is 0 Å². The van der Waals surface area contributed by atoms with Crippen molar-refractivity contribution in [2.75, 3.05) is 59.5 Å². The Morgan fingerprint density at radius 2 is 1.91 bits per heavy atom. The smallest absolute Gasteiger partial charge is 0.236 e. The molecule has 1 saturated carbocycles. The molecule has 0 bridgehead atoms. The standard InChI is InChI=1S/C17H33N3O2/c1-22-13-8-18-14-17(21)20-10-5-9-19(11-12-20)15-16-6-3-2-4-7-16/h16,18H,2-15H2,1H3. The highest BCUT2D eigenvalue weighted by molar-refractivity contribution is 5.78. The van der Waals surface area contributed by atoms with Crippen molar-refractivity contribution in [1.29, 1.82) is 0 Å². The highest BCUT2D eigenvalue weighted by atomic mass is 16.5. The number of carbonyl (C=O) groups is 1. The molecule has 1 amide bonds. The van der Waals surface area contributed by atoms with Gasteiger partial charge in [-0.1, -0.05) is 19.3 Å². The molecular formula is C17H33N3O2. The molecule has 0 aromatic heterocycles. The van der Waals surface area contributed by atoms with Crippen LogP contribution in [-0.4, -0.2) is 75.2 Å². The second kappa shape index (κ2) is 10.2. The summed E-state index contributed by atoms with van der Waals surface area (Å²) < 4.78 is 4.98. The van der Waals surface area contributed by atoms with E-state index in [0.29, 0.717) is 13.2 Å². The summed E-state index contributed by atoms with van der Waals surface area (Å²) in [6.45, 7) is 7.06. The van der Waals surface area contributed by atoms with E-state index in [0.717, 1.165) is 45.1 Å². The Hall–Kier alpha value is -0.650. The van der Waals surface area contributed by atoms with Crippen molar-refractivity contribution in [3.05, 3.63) is 0 Å². The minimum atomic E-state index is 0.232. The average Bonchev–Trinajstić information content (AvgIpc) is 2.78. The third kappa shape index (κ3) is 6.23. The topological polar surface area (TPSA) is 44.8 Å². The molecule has 1 aliphatic heterocycles. The Labute approximate surface area is 135 Å². The molecule has 2 fully saturated rings. The van der Waals surface area contributed by atoms with Gasteiger partial charge in [-0.25, -0.2) is 0 Å². The van der Waals surface area contributed by atoms with E-state index in [1.807, 2.05) is 4.90 Å². The van der Waals surface area contributed by atoms with Crippen LogP contribution in [0.1, 0.15) is 38.5 Å². The van der Waals surface area contributed by atoms with Crippen molar-refractivity contribution in [2.45, 2.75) is 38.5 Å². The normalized spacial score (nSPS) is 21.8. The first-order valence-corrected chi connectivity index (χ1v) is 8.99. The summed E-state index contributed by atoms with van der Waals surface area (Å²) >= 11 is 0. The van der Waals surface area contributed by atoms with Gasteiger partial charge in [0.2, 0.25) is 5.91 Å². The lowest BCUT2D eigenvalue weighted by Gasteiger charge is -2.28. The van der Waals surface area contributed by atoms with Gasteiger partial charge in [-0.3, -0.25) is 4.79 Å². The van der Waals surface area contributed by atoms with Gasteiger partial charge in [0.15, 0.2) is 0 Å². The number of nitrogens with zero attached hydrogens (tertiary/aromatic N) is 2. The number of amides is 1. The summed E-state index contributed by atoms with van der Waals surface area (Å²) in [4.78, 5) is 16.8. The van der Waals surface area contributed by atoms with Gasteiger partial charge in [-0.15, -0.1) is 0 Å². The van der Waals surface area contributed by atoms with E-state index in [1.54, 1.807) is 7.11 Å². The van der Waals surface area contributed by atoms with Gasteiger partial charge in [0.1, 0.15) is 0 Å². The first-order valence-electron chi connectivity index (χ1n) is 8.99. The van der Waals surface area contributed by atoms with Crippen LogP contribution in [0.25, 0.3) is 0 Å². The molecule has 1 N–H and O–H groups in total. The molecule has 2 rings (SSSR count). The SMILES string of the molecule is COCCNCC(=O)N1CCCN(CC2CCCCC2)CC1. The lowest BCUT2D eigenvalue weighted by molar-refractivity contribution is -0.130. The van der Waals surface area contributed by atoms with Gasteiger partial charge in [0, 0.05) is 39.8 Å². The Kier molecular flexibility index (Phi) is 8.20. The van der Waals surface area contributed by atoms with Crippen molar-refractivity contribution < 1.29 is 9.53 Å². The zero-order chi connectivity index (χ0) is 15.6. The summed E-state index contributed by atoms with van der Waals surface area (Å²) in [6.07, 6.45) is 8.17. The summed E-state index contributed by atoms with van der Waals surface area (Å²) in [5.74, 6) is 1.13. The quantitative estimate of drug-likeness (QED) is 0.721. The molecule has 2 aliphatic rings. The number of ether oxygens (including phenoxy) is 1. The fourth-order valence-electron chi connectivity index (χ4n) is 3.62. The number of carbonyl (C=O) groups excluding carboxylic acids is 1. The second-order valence-corrected chi connectivity index (χ2v) is 6.71. The maximum absolute atomic E-state index is 12.2. The van der Waals surface area contributed by atoms with Crippen LogP contribution in [0.5, 0.6) is 0 Å². The van der Waals surface area contributed by atoms with E-state index >= 15 is 0 Å². The van der Waals surface area contributed by atoms with Gasteiger partial charge < -0.3 is 19.9 Å². The van der Waals surface area contributed by atoms with Crippen molar-refractivity contribution in [2.24, 2.45) is 5.92 Å². The van der Waals surface area contributed by atoms with Gasteiger partial charge >= 0.3 is 0 Å². The molecule has 1 heterocycles. The Balaban J connectivity index is 1.66. The molecular weight excluding hydrogens is 278 g/mol. The molecule has 0 spiro atoms. The molecule has 0 radical (unpaired) electrons. The van der Waals surface area contributed by atoms with E-state index in [4.69, 9.17) is 4.74 Å². The van der Waals surface area contributed by atoms with Crippen LogP contribution in [0.15, 0.2) is 0 Å². The summed E-state index contributed by atoms with van der Waals surface area (Å²) in [5.41, 5.74) is 0. The molecule has 5 heteroatoms. The third-order valence-corrected chi connectivity index (χ3v) is 4.94. The molecule has 22 heavy (non-hydrogen) atoms. The van der Waals surface area contributed by atoms with Crippen LogP contribution in [-0.2, 0) is 9.53 Å². The van der Waals surface area contributed by atoms with Gasteiger partial charge in [-0.2, -0.15) is 0 Å². The Morgan fingerprint density at radius 1 is 1.09 bits per heavy atom. The predicted molar refractivity (Wildman–Crippen MR) is 89.0 cm³/mol. The molecule has 0 unspecified atom stereocenters. The average molecular weight is 311 g/mol. The van der Waals surface area contributed by atoms with Crippen LogP contribution >= 0.6 is 0 Å². The summed E-state index contributed by atoms with van der Waals surface area (Å²) in [5, 5.41) is 3.15. The summed E-state index contributed by atoms with van der Waals surface area (Å²) in [7, 11) is 1.68. The van der Waals surface area contributed by atoms with E-state index in [9.17, 15) is 4.79 Å². The van der Waals surface area contributed by atoms with E-state index < -0.39 is 0 Å². The molecule has 1 aliphatic carbocycles. The number of nitrogens with one attached hydrogen (secondary N) is 1. The zero-order valence-corrected chi connectivity index (χ0v) is 14.2. The number of methoxy groups -OCH3 is 1. The molecule has 0 aromatic rings. The van der Waals surface area contributed by atoms with E-state index in [2.05, 4.69) is 10.2 Å². The molecule has 1 saturated heterocycles. The zero-order valence-electron chi connectivity index (χ0n) is 14.2. The van der Waals surface area contributed by atoms with Crippen molar-refractivity contribution in [3.63, 3.8) is 0 Å². The lowest BCUT2D eigenvalue weighted by Crippen LogP contribution is -2.41. The number of rotatable bonds is 7. The minimum Gasteiger partial charge on any atom is -0.383 e. The second-order valence-electron chi connectivity index (χ2n) is 6.71. The Bertz CT molecular complexity index is 319. The molecule has 128 valence electrons. The first kappa shape index (κ1) is 17.7. The molecule has 0 atom stereocenters. The highest BCUT2D eigenvalue weighted by Crippen LogP contribution is 2.24. The maximum Gasteiger partial charge on any atom is 0.236 e. The molecule has 5 nitrogen and oxygen atoms in total. The maximum atomic E-state index is 12.2. The lowest BCUT2D eigenvalue weighted by atomic mass is 9.89. The third-order valence-electron chi connectivity index (χ3n) is 4.94. The highest BCUT2D eigenvalue weighted by Gasteiger charge is 2.21. The fraction of sp³-hybridized carbons (Fsp3) is 0.941. The van der Waals surface area contributed by atoms with Gasteiger partial charge in [-0.05, 0) is 31.7 Å². The largest absolute Gasteiger partial charge is 0.383 e. The van der Waals surface area contributed by atoms with Crippen molar-refractivity contribution in [3.8, 4) is 0 Å². The van der Waals surface area contributed by atoms with Crippen LogP contribution in [0.4, 0.5) is 0 Å². The van der Waals surface area contributed by atoms with E-state index in [1.165, 1.54) is 38.6 Å². The molecule has 0 aromatic carbocycles. The monoisotopic (exact) mass is 311 g/mol. The van der Waals surface area contributed by atoms with Crippen LogP contribution in [0.3, 0.4) is 0 Å². The fourth-order valence-corrected chi connectivity index (χ4v) is 3.62. The summed E-state index contributed by atoms with van der Waals surface area (Å²) in [6, 6.07) is 0. The van der Waals surface area contributed by atoms with Gasteiger partial charge in [0.05, 0.1) is 13.2 Å². The first-order chi connectivity index (χ1) is 10.8. The van der Waals surface area contributed by atoms with E-state index in [-0.39, 0.29) is 5.91 Å². The predicted octanol–water partition coefficient (Wildman–Crippen LogP) is 1.34. The Morgan fingerprint density at radius 3 is 2.68 bits per heavy atom. The van der Waals surface area contributed by atoms with Crippen LogP contribution < -0.4 is 5.32 Å². The number of hydrogen-bond acceptors (Lipinski definition) is 4. The van der Waals surface area contributed by atoms with Crippen LogP contribution in [0, 0.1) is 5.92 Å². The van der Waals surface area contributed by atoms with Crippen molar-refractivity contribution in [1.82, 2.24) is 15.1 Å².